The van der Waals surface area contributed by atoms with E-state index in [0.717, 1.165) is 12.2 Å². The van der Waals surface area contributed by atoms with Crippen LogP contribution in [0, 0.1) is 0 Å². The van der Waals surface area contributed by atoms with Crippen molar-refractivity contribution in [2.75, 3.05) is 11.5 Å². The molecule has 0 aliphatic carbocycles. The Bertz CT molecular complexity index is 391. The third-order valence-electron chi connectivity index (χ3n) is 1.79. The van der Waals surface area contributed by atoms with E-state index in [1.807, 2.05) is 6.08 Å². The van der Waals surface area contributed by atoms with E-state index >= 15 is 0 Å². The molecule has 0 saturated heterocycles. The zero-order valence-electron chi connectivity index (χ0n) is 8.05. The number of carboxylic acids is 1. The number of carbonyl (C=O) groups is 1. The van der Waals surface area contributed by atoms with Crippen LogP contribution in [0.1, 0.15) is 22.3 Å². The second kappa shape index (κ2) is 5.41. The van der Waals surface area contributed by atoms with E-state index in [-0.39, 0.29) is 5.56 Å². The summed E-state index contributed by atoms with van der Waals surface area (Å²) in [5, 5.41) is 8.75. The Morgan fingerprint density at radius 2 is 2.40 bits per heavy atom. The van der Waals surface area contributed by atoms with Crippen molar-refractivity contribution in [2.45, 2.75) is 6.42 Å². The zero-order valence-corrected chi connectivity index (χ0v) is 8.95. The van der Waals surface area contributed by atoms with Gasteiger partial charge in [-0.25, -0.2) is 9.78 Å². The highest BCUT2D eigenvalue weighted by atomic mass is 32.1. The van der Waals surface area contributed by atoms with Crippen molar-refractivity contribution in [3.05, 3.63) is 29.5 Å². The molecular weight excluding hydrogens is 212 g/mol. The van der Waals surface area contributed by atoms with Crippen LogP contribution in [0.15, 0.2) is 18.3 Å². The summed E-state index contributed by atoms with van der Waals surface area (Å²) in [5.41, 5.74) is 6.35. The molecule has 15 heavy (non-hydrogen) atoms. The molecule has 0 aliphatic rings. The average molecular weight is 224 g/mol. The van der Waals surface area contributed by atoms with Gasteiger partial charge in [0, 0.05) is 11.8 Å². The number of thiol groups is 1. The van der Waals surface area contributed by atoms with Crippen LogP contribution in [0.2, 0.25) is 0 Å². The Kier molecular flexibility index (Phi) is 4.17. The quantitative estimate of drug-likeness (QED) is 0.680. The van der Waals surface area contributed by atoms with Gasteiger partial charge < -0.3 is 10.8 Å². The highest BCUT2D eigenvalue weighted by molar-refractivity contribution is 7.80. The van der Waals surface area contributed by atoms with E-state index in [1.165, 1.54) is 12.3 Å². The molecule has 1 aromatic rings. The van der Waals surface area contributed by atoms with Crippen LogP contribution < -0.4 is 5.73 Å². The molecule has 4 nitrogen and oxygen atoms in total. The Morgan fingerprint density at radius 1 is 1.67 bits per heavy atom. The van der Waals surface area contributed by atoms with Gasteiger partial charge in [-0.15, -0.1) is 0 Å². The number of anilines is 1. The van der Waals surface area contributed by atoms with Gasteiger partial charge >= 0.3 is 5.97 Å². The van der Waals surface area contributed by atoms with Crippen LogP contribution in [0.25, 0.3) is 6.08 Å². The Morgan fingerprint density at radius 3 is 3.00 bits per heavy atom. The zero-order chi connectivity index (χ0) is 11.3. The lowest BCUT2D eigenvalue weighted by atomic mass is 10.1. The molecule has 5 heteroatoms. The summed E-state index contributed by atoms with van der Waals surface area (Å²) >= 11 is 4.05. The maximum atomic E-state index is 10.7. The number of pyridine rings is 1. The normalized spacial score (nSPS) is 10.7. The lowest BCUT2D eigenvalue weighted by molar-refractivity contribution is 0.0696. The molecule has 1 rings (SSSR count). The lowest BCUT2D eigenvalue weighted by Crippen LogP contribution is -2.01. The minimum Gasteiger partial charge on any atom is -0.478 e. The molecule has 0 bridgehead atoms. The fourth-order valence-corrected chi connectivity index (χ4v) is 1.18. The summed E-state index contributed by atoms with van der Waals surface area (Å²) in [6.07, 6.45) is 5.68. The maximum Gasteiger partial charge on any atom is 0.337 e. The minimum absolute atomic E-state index is 0.134. The van der Waals surface area contributed by atoms with E-state index in [9.17, 15) is 4.79 Å². The summed E-state index contributed by atoms with van der Waals surface area (Å²) in [4.78, 5) is 14.5. The summed E-state index contributed by atoms with van der Waals surface area (Å²) in [6.45, 7) is 0. The maximum absolute atomic E-state index is 10.7. The molecule has 1 heterocycles. The standard InChI is InChI=1S/C10H12N2O2S/c11-9-7(3-1-2-4-15)5-8(6-12-9)10(13)14/h1,3,5-6,15H,2,4H2,(H2,11,12)(H,13,14). The van der Waals surface area contributed by atoms with Crippen molar-refractivity contribution >= 4 is 30.5 Å². The third kappa shape index (κ3) is 3.28. The van der Waals surface area contributed by atoms with Gasteiger partial charge in [-0.3, -0.25) is 0 Å². The number of rotatable bonds is 4. The molecular formula is C10H12N2O2S. The molecule has 0 aromatic carbocycles. The highest BCUT2D eigenvalue weighted by Crippen LogP contribution is 2.13. The first-order valence-corrected chi connectivity index (χ1v) is 5.04. The van der Waals surface area contributed by atoms with Crippen molar-refractivity contribution in [3.8, 4) is 0 Å². The molecule has 0 fully saturated rings. The molecule has 0 atom stereocenters. The number of hydrogen-bond donors (Lipinski definition) is 3. The van der Waals surface area contributed by atoms with Gasteiger partial charge in [0.2, 0.25) is 0 Å². The smallest absolute Gasteiger partial charge is 0.337 e. The Balaban J connectivity index is 2.95. The van der Waals surface area contributed by atoms with Gasteiger partial charge in [0.1, 0.15) is 5.82 Å². The van der Waals surface area contributed by atoms with Gasteiger partial charge in [-0.1, -0.05) is 12.2 Å². The van der Waals surface area contributed by atoms with Crippen molar-refractivity contribution < 1.29 is 9.90 Å². The number of allylic oxidation sites excluding steroid dienone is 1. The van der Waals surface area contributed by atoms with Crippen LogP contribution in [0.3, 0.4) is 0 Å². The number of hydrogen-bond acceptors (Lipinski definition) is 4. The molecule has 0 radical (unpaired) electrons. The van der Waals surface area contributed by atoms with Crippen LogP contribution >= 0.6 is 12.6 Å². The van der Waals surface area contributed by atoms with Gasteiger partial charge in [-0.2, -0.15) is 12.6 Å². The molecule has 0 unspecified atom stereocenters. The number of aromatic carboxylic acids is 1. The van der Waals surface area contributed by atoms with Crippen molar-refractivity contribution in [2.24, 2.45) is 0 Å². The molecule has 0 saturated carbocycles. The van der Waals surface area contributed by atoms with Crippen LogP contribution in [0.5, 0.6) is 0 Å². The first-order valence-electron chi connectivity index (χ1n) is 4.41. The molecule has 0 amide bonds. The predicted octanol–water partition coefficient (Wildman–Crippen LogP) is 1.70. The van der Waals surface area contributed by atoms with Gasteiger partial charge in [0.25, 0.3) is 0 Å². The molecule has 80 valence electrons. The molecule has 1 aromatic heterocycles. The summed E-state index contributed by atoms with van der Waals surface area (Å²) in [5.74, 6) is 0.0596. The van der Waals surface area contributed by atoms with E-state index in [4.69, 9.17) is 10.8 Å². The second-order valence-corrected chi connectivity index (χ2v) is 3.37. The first-order chi connectivity index (χ1) is 7.15. The van der Waals surface area contributed by atoms with Crippen LogP contribution in [0.4, 0.5) is 5.82 Å². The van der Waals surface area contributed by atoms with E-state index in [2.05, 4.69) is 17.6 Å². The summed E-state index contributed by atoms with van der Waals surface area (Å²) in [6, 6.07) is 1.50. The number of carboxylic acid groups (broad SMARTS) is 1. The van der Waals surface area contributed by atoms with E-state index < -0.39 is 5.97 Å². The molecule has 0 spiro atoms. The minimum atomic E-state index is -1.01. The van der Waals surface area contributed by atoms with Crippen molar-refractivity contribution in [3.63, 3.8) is 0 Å². The fraction of sp³-hybridized carbons (Fsp3) is 0.200. The van der Waals surface area contributed by atoms with E-state index in [1.54, 1.807) is 6.08 Å². The summed E-state index contributed by atoms with van der Waals surface area (Å²) < 4.78 is 0. The SMILES string of the molecule is Nc1ncc(C(=O)O)cc1C=CCCS. The van der Waals surface area contributed by atoms with Gasteiger partial charge in [-0.05, 0) is 18.2 Å². The van der Waals surface area contributed by atoms with E-state index in [0.29, 0.717) is 11.4 Å². The largest absolute Gasteiger partial charge is 0.478 e. The highest BCUT2D eigenvalue weighted by Gasteiger charge is 2.05. The van der Waals surface area contributed by atoms with Crippen molar-refractivity contribution in [1.82, 2.24) is 4.98 Å². The number of aromatic nitrogens is 1. The third-order valence-corrected chi connectivity index (χ3v) is 2.05. The topological polar surface area (TPSA) is 76.2 Å². The van der Waals surface area contributed by atoms with Crippen LogP contribution in [-0.2, 0) is 0 Å². The summed E-state index contributed by atoms with van der Waals surface area (Å²) in [7, 11) is 0. The van der Waals surface area contributed by atoms with Gasteiger partial charge in [0.15, 0.2) is 0 Å². The Hall–Kier alpha value is -1.49. The predicted molar refractivity (Wildman–Crippen MR) is 63.1 cm³/mol. The average Bonchev–Trinajstić information content (AvgIpc) is 2.20. The number of nitrogens with zero attached hydrogens (tertiary/aromatic N) is 1. The fourth-order valence-electron chi connectivity index (χ4n) is 1.03. The Labute approximate surface area is 93.2 Å². The first kappa shape index (κ1) is 11.6. The van der Waals surface area contributed by atoms with Crippen molar-refractivity contribution in [1.29, 1.82) is 0 Å². The second-order valence-electron chi connectivity index (χ2n) is 2.92. The molecule has 3 N–H and O–H groups in total. The molecule has 0 aliphatic heterocycles. The monoisotopic (exact) mass is 224 g/mol. The van der Waals surface area contributed by atoms with Crippen LogP contribution in [-0.4, -0.2) is 21.8 Å². The van der Waals surface area contributed by atoms with Gasteiger partial charge in [0.05, 0.1) is 5.56 Å². The number of nitrogen functional groups attached to an aromatic ring is 1. The number of nitrogens with two attached hydrogens (primary N) is 1. The lowest BCUT2D eigenvalue weighted by Gasteiger charge is -2.00.